The summed E-state index contributed by atoms with van der Waals surface area (Å²) in [5, 5.41) is 6.50. The van der Waals surface area contributed by atoms with Crippen molar-refractivity contribution in [2.75, 3.05) is 25.1 Å². The van der Waals surface area contributed by atoms with Gasteiger partial charge in [-0.05, 0) is 43.9 Å². The number of piperidine rings is 1. The fourth-order valence-corrected chi connectivity index (χ4v) is 5.55. The first kappa shape index (κ1) is 23.4. The van der Waals surface area contributed by atoms with Gasteiger partial charge in [-0.25, -0.2) is 8.42 Å². The summed E-state index contributed by atoms with van der Waals surface area (Å²) in [7, 11) is -1.18. The van der Waals surface area contributed by atoms with Gasteiger partial charge in [-0.2, -0.15) is 0 Å². The normalized spacial score (nSPS) is 25.1. The summed E-state index contributed by atoms with van der Waals surface area (Å²) in [5.41, 5.74) is 2.54. The van der Waals surface area contributed by atoms with Crippen LogP contribution in [0.5, 0.6) is 0 Å². The molecular formula is C20H33IN4O2S. The molecule has 6 nitrogen and oxygen atoms in total. The van der Waals surface area contributed by atoms with Gasteiger partial charge in [0.25, 0.3) is 0 Å². The lowest BCUT2D eigenvalue weighted by molar-refractivity contribution is 0.152. The van der Waals surface area contributed by atoms with Crippen LogP contribution in [0.1, 0.15) is 43.7 Å². The molecule has 2 saturated heterocycles. The molecular weight excluding hydrogens is 487 g/mol. The number of sulfone groups is 1. The van der Waals surface area contributed by atoms with Crippen LogP contribution >= 0.6 is 24.0 Å². The highest BCUT2D eigenvalue weighted by Crippen LogP contribution is 2.19. The Kier molecular flexibility index (Phi) is 9.01. The minimum atomic E-state index is -2.89. The highest BCUT2D eigenvalue weighted by molar-refractivity contribution is 14.0. The summed E-state index contributed by atoms with van der Waals surface area (Å²) in [6.45, 7) is 5.21. The third kappa shape index (κ3) is 6.88. The lowest BCUT2D eigenvalue weighted by Crippen LogP contribution is -2.43. The Bertz CT molecular complexity index is 752. The van der Waals surface area contributed by atoms with Crippen LogP contribution < -0.4 is 10.6 Å². The monoisotopic (exact) mass is 520 g/mol. The van der Waals surface area contributed by atoms with Crippen molar-refractivity contribution in [3.63, 3.8) is 0 Å². The fourth-order valence-electron chi connectivity index (χ4n) is 3.87. The highest BCUT2D eigenvalue weighted by Gasteiger charge is 2.28. The van der Waals surface area contributed by atoms with Gasteiger partial charge in [-0.3, -0.25) is 9.89 Å². The molecule has 2 aliphatic rings. The van der Waals surface area contributed by atoms with Gasteiger partial charge in [0.15, 0.2) is 15.8 Å². The number of aliphatic imine (C=N–C) groups is 1. The average molecular weight is 520 g/mol. The van der Waals surface area contributed by atoms with Crippen LogP contribution in [0.4, 0.5) is 0 Å². The summed E-state index contributed by atoms with van der Waals surface area (Å²) < 4.78 is 23.2. The van der Waals surface area contributed by atoms with E-state index in [-0.39, 0.29) is 41.5 Å². The lowest BCUT2D eigenvalue weighted by atomic mass is 10.0. The van der Waals surface area contributed by atoms with Crippen molar-refractivity contribution >= 4 is 39.8 Å². The number of nitrogens with zero attached hydrogens (tertiary/aromatic N) is 2. The molecule has 2 N–H and O–H groups in total. The Morgan fingerprint density at radius 1 is 1.18 bits per heavy atom. The van der Waals surface area contributed by atoms with Gasteiger partial charge in [0, 0.05) is 32.2 Å². The van der Waals surface area contributed by atoms with E-state index in [1.165, 1.54) is 36.9 Å². The number of nitrogens with one attached hydrogen (secondary N) is 2. The van der Waals surface area contributed by atoms with Gasteiger partial charge in [-0.1, -0.05) is 30.7 Å². The van der Waals surface area contributed by atoms with E-state index in [0.29, 0.717) is 25.0 Å². The molecule has 2 aliphatic heterocycles. The molecule has 2 heterocycles. The molecule has 0 bridgehead atoms. The Morgan fingerprint density at radius 3 is 2.50 bits per heavy atom. The molecule has 0 aromatic heterocycles. The van der Waals surface area contributed by atoms with E-state index in [0.717, 1.165) is 6.54 Å². The number of guanidine groups is 1. The molecule has 8 heteroatoms. The van der Waals surface area contributed by atoms with E-state index in [2.05, 4.69) is 51.7 Å². The zero-order valence-electron chi connectivity index (χ0n) is 16.9. The molecule has 0 aliphatic carbocycles. The maximum Gasteiger partial charge on any atom is 0.191 e. The van der Waals surface area contributed by atoms with Gasteiger partial charge in [-0.15, -0.1) is 24.0 Å². The maximum atomic E-state index is 11.6. The SMILES string of the molecule is CN=C(NCc1ccc(CN2CCCCC2C)cc1)NC1CCS(=O)(=O)C1.I. The smallest absolute Gasteiger partial charge is 0.191 e. The van der Waals surface area contributed by atoms with E-state index < -0.39 is 9.84 Å². The Labute approximate surface area is 186 Å². The van der Waals surface area contributed by atoms with Gasteiger partial charge in [0.2, 0.25) is 0 Å². The van der Waals surface area contributed by atoms with Crippen molar-refractivity contribution in [3.05, 3.63) is 35.4 Å². The van der Waals surface area contributed by atoms with E-state index in [1.54, 1.807) is 7.05 Å². The van der Waals surface area contributed by atoms with E-state index in [9.17, 15) is 8.42 Å². The van der Waals surface area contributed by atoms with Crippen molar-refractivity contribution in [3.8, 4) is 0 Å². The molecule has 158 valence electrons. The van der Waals surface area contributed by atoms with Crippen LogP contribution in [0, 0.1) is 0 Å². The number of likely N-dealkylation sites (tertiary alicyclic amines) is 1. The standard InChI is InChI=1S/C20H32N4O2S.HI/c1-16-5-3-4-11-24(16)14-18-8-6-17(7-9-18)13-22-20(21-2)23-19-10-12-27(25,26)15-19;/h6-9,16,19H,3-5,10-15H2,1-2H3,(H2,21,22,23);1H. The topological polar surface area (TPSA) is 73.8 Å². The fraction of sp³-hybridized carbons (Fsp3) is 0.650. The number of rotatable bonds is 5. The van der Waals surface area contributed by atoms with Crippen LogP contribution in [0.3, 0.4) is 0 Å². The summed E-state index contributed by atoms with van der Waals surface area (Å²) in [6, 6.07) is 9.36. The number of benzene rings is 1. The van der Waals surface area contributed by atoms with Gasteiger partial charge < -0.3 is 10.6 Å². The van der Waals surface area contributed by atoms with E-state index in [4.69, 9.17) is 0 Å². The molecule has 28 heavy (non-hydrogen) atoms. The van der Waals surface area contributed by atoms with E-state index in [1.807, 2.05) is 0 Å². The first-order valence-electron chi connectivity index (χ1n) is 9.94. The molecule has 3 rings (SSSR count). The summed E-state index contributed by atoms with van der Waals surface area (Å²) >= 11 is 0. The second kappa shape index (κ2) is 10.8. The van der Waals surface area contributed by atoms with Crippen LogP contribution in [0.15, 0.2) is 29.3 Å². The highest BCUT2D eigenvalue weighted by atomic mass is 127. The summed E-state index contributed by atoms with van der Waals surface area (Å²) in [4.78, 5) is 6.78. The van der Waals surface area contributed by atoms with Crippen molar-refractivity contribution in [1.82, 2.24) is 15.5 Å². The molecule has 0 saturated carbocycles. The molecule has 2 atom stereocenters. The molecule has 2 unspecified atom stereocenters. The van der Waals surface area contributed by atoms with Gasteiger partial charge in [0.1, 0.15) is 0 Å². The van der Waals surface area contributed by atoms with Crippen molar-refractivity contribution in [2.24, 2.45) is 4.99 Å². The van der Waals surface area contributed by atoms with Crippen LogP contribution in [0.2, 0.25) is 0 Å². The molecule has 1 aromatic carbocycles. The third-order valence-electron chi connectivity index (χ3n) is 5.61. The van der Waals surface area contributed by atoms with Crippen LogP contribution in [-0.2, 0) is 22.9 Å². The van der Waals surface area contributed by atoms with Gasteiger partial charge >= 0.3 is 0 Å². The minimum absolute atomic E-state index is 0. The second-order valence-corrected chi connectivity index (χ2v) is 10.0. The zero-order chi connectivity index (χ0) is 19.3. The number of hydrogen-bond acceptors (Lipinski definition) is 4. The number of hydrogen-bond donors (Lipinski definition) is 2. The van der Waals surface area contributed by atoms with E-state index >= 15 is 0 Å². The predicted octanol–water partition coefficient (Wildman–Crippen LogP) is 2.53. The Hall–Kier alpha value is -0.870. The first-order chi connectivity index (χ1) is 12.9. The van der Waals surface area contributed by atoms with Crippen molar-refractivity contribution in [1.29, 1.82) is 0 Å². The second-order valence-electron chi connectivity index (χ2n) is 7.80. The summed E-state index contributed by atoms with van der Waals surface area (Å²) in [6.07, 6.45) is 4.61. The Balaban J connectivity index is 0.00000280. The maximum absolute atomic E-state index is 11.6. The van der Waals surface area contributed by atoms with Crippen molar-refractivity contribution in [2.45, 2.75) is 57.8 Å². The molecule has 0 spiro atoms. The quantitative estimate of drug-likeness (QED) is 0.355. The lowest BCUT2D eigenvalue weighted by Gasteiger charge is -2.33. The largest absolute Gasteiger partial charge is 0.353 e. The molecule has 2 fully saturated rings. The summed E-state index contributed by atoms with van der Waals surface area (Å²) in [5.74, 6) is 1.11. The molecule has 1 aromatic rings. The van der Waals surface area contributed by atoms with Crippen molar-refractivity contribution < 1.29 is 8.42 Å². The first-order valence-corrected chi connectivity index (χ1v) is 11.8. The predicted molar refractivity (Wildman–Crippen MR) is 126 cm³/mol. The average Bonchev–Trinajstić information content (AvgIpc) is 3.00. The Morgan fingerprint density at radius 2 is 1.89 bits per heavy atom. The minimum Gasteiger partial charge on any atom is -0.353 e. The zero-order valence-corrected chi connectivity index (χ0v) is 20.0. The van der Waals surface area contributed by atoms with Gasteiger partial charge in [0.05, 0.1) is 11.5 Å². The molecule has 0 amide bonds. The number of halogens is 1. The molecule has 0 radical (unpaired) electrons. The van der Waals surface area contributed by atoms with Crippen LogP contribution in [-0.4, -0.2) is 56.5 Å². The third-order valence-corrected chi connectivity index (χ3v) is 7.37. The van der Waals surface area contributed by atoms with Crippen LogP contribution in [0.25, 0.3) is 0 Å².